The van der Waals surface area contributed by atoms with E-state index in [0.29, 0.717) is 26.2 Å². The summed E-state index contributed by atoms with van der Waals surface area (Å²) >= 11 is 6.12. The number of hydrogen-bond acceptors (Lipinski definition) is 8. The topological polar surface area (TPSA) is 118 Å². The highest BCUT2D eigenvalue weighted by atomic mass is 35.5. The molecule has 4 rings (SSSR count). The molecule has 2 aromatic rings. The lowest BCUT2D eigenvalue weighted by Crippen LogP contribution is -2.64. The summed E-state index contributed by atoms with van der Waals surface area (Å²) in [5, 5.41) is 38.7. The van der Waals surface area contributed by atoms with Crippen molar-refractivity contribution in [3.8, 4) is 5.75 Å². The Balaban J connectivity index is 1.40. The first-order valence-electron chi connectivity index (χ1n) is 11.4. The molecule has 2 fully saturated rings. The van der Waals surface area contributed by atoms with E-state index < -0.39 is 29.5 Å². The van der Waals surface area contributed by atoms with Crippen molar-refractivity contribution in [3.05, 3.63) is 65.2 Å². The summed E-state index contributed by atoms with van der Waals surface area (Å²) in [4.78, 5) is 0. The predicted octanol–water partition coefficient (Wildman–Crippen LogP) is 1.53. The third-order valence-electron chi connectivity index (χ3n) is 6.35. The van der Waals surface area contributed by atoms with Crippen LogP contribution in [0.25, 0.3) is 0 Å². The fraction of sp³-hybridized carbons (Fsp3) is 0.520. The van der Waals surface area contributed by atoms with E-state index in [-0.39, 0.29) is 18.3 Å². The number of halogens is 1. The van der Waals surface area contributed by atoms with Gasteiger partial charge in [-0.1, -0.05) is 54.1 Å². The van der Waals surface area contributed by atoms with Gasteiger partial charge in [-0.25, -0.2) is 0 Å². The van der Waals surface area contributed by atoms with E-state index in [4.69, 9.17) is 30.5 Å². The Morgan fingerprint density at radius 3 is 2.50 bits per heavy atom. The van der Waals surface area contributed by atoms with Crippen molar-refractivity contribution in [2.24, 2.45) is 5.92 Å². The Kier molecular flexibility index (Phi) is 8.12. The van der Waals surface area contributed by atoms with Crippen molar-refractivity contribution in [3.63, 3.8) is 0 Å². The number of benzene rings is 2. The molecule has 0 amide bonds. The van der Waals surface area contributed by atoms with E-state index in [2.05, 4.69) is 0 Å². The summed E-state index contributed by atoms with van der Waals surface area (Å²) in [6, 6.07) is 14.5. The minimum atomic E-state index is -2.52. The maximum atomic E-state index is 11.0. The molecule has 2 aliphatic heterocycles. The molecule has 0 radical (unpaired) electrons. The summed E-state index contributed by atoms with van der Waals surface area (Å²) < 4.78 is 22.4. The maximum Gasteiger partial charge on any atom is 0.239 e. The fourth-order valence-corrected chi connectivity index (χ4v) is 4.58. The summed E-state index contributed by atoms with van der Waals surface area (Å²) in [6.45, 7) is 1.70. The summed E-state index contributed by atoms with van der Waals surface area (Å²) in [5.74, 6) is -2.38. The normalized spacial score (nSPS) is 31.5. The second-order valence-electron chi connectivity index (χ2n) is 8.70. The van der Waals surface area contributed by atoms with Crippen molar-refractivity contribution in [2.45, 2.75) is 35.9 Å². The number of rotatable bonds is 9. The quantitative estimate of drug-likeness (QED) is 0.306. The van der Waals surface area contributed by atoms with Crippen LogP contribution in [0.3, 0.4) is 0 Å². The number of aliphatic hydroxyl groups excluding tert-OH is 2. The van der Waals surface area contributed by atoms with Gasteiger partial charge in [-0.2, -0.15) is 0 Å². The van der Waals surface area contributed by atoms with Crippen LogP contribution in [0, 0.1) is 5.92 Å². The van der Waals surface area contributed by atoms with Crippen LogP contribution in [0.1, 0.15) is 23.1 Å². The van der Waals surface area contributed by atoms with Crippen LogP contribution in [0.2, 0.25) is 0 Å². The van der Waals surface area contributed by atoms with E-state index in [1.807, 2.05) is 24.3 Å². The highest BCUT2D eigenvalue weighted by Crippen LogP contribution is 2.45. The van der Waals surface area contributed by atoms with Crippen molar-refractivity contribution < 1.29 is 39.4 Å². The standard InChI is InChI=1S/C25H31ClO8/c26-24(29)23(28)19(14-27)15-34-25(24,30)20-7-5-17(6-8-20)13-18-3-1-2-4-22(18)33-12-11-32-21-9-10-31-16-21/h1-8,19,21,23,27-30H,9-16H2/t19-,21-,23+,24+,25-/m1/s1. The summed E-state index contributed by atoms with van der Waals surface area (Å²) in [7, 11) is 0. The molecule has 34 heavy (non-hydrogen) atoms. The largest absolute Gasteiger partial charge is 0.491 e. The van der Waals surface area contributed by atoms with Crippen molar-refractivity contribution >= 4 is 11.6 Å². The molecule has 0 unspecified atom stereocenters. The number of alkyl halides is 1. The van der Waals surface area contributed by atoms with E-state index in [0.717, 1.165) is 29.9 Å². The lowest BCUT2D eigenvalue weighted by molar-refractivity contribution is -0.342. The monoisotopic (exact) mass is 494 g/mol. The number of para-hydroxylation sites is 1. The molecule has 4 N–H and O–H groups in total. The zero-order chi connectivity index (χ0) is 24.2. The van der Waals surface area contributed by atoms with Gasteiger partial charge in [0.2, 0.25) is 10.8 Å². The average Bonchev–Trinajstić information content (AvgIpc) is 3.36. The third-order valence-corrected chi connectivity index (χ3v) is 6.83. The first kappa shape index (κ1) is 25.3. The van der Waals surface area contributed by atoms with Gasteiger partial charge in [-0.05, 0) is 23.6 Å². The highest BCUT2D eigenvalue weighted by Gasteiger charge is 2.61. The minimum Gasteiger partial charge on any atom is -0.491 e. The van der Waals surface area contributed by atoms with Gasteiger partial charge >= 0.3 is 0 Å². The number of hydrogen-bond donors (Lipinski definition) is 4. The van der Waals surface area contributed by atoms with Crippen LogP contribution in [-0.4, -0.2) is 77.3 Å². The van der Waals surface area contributed by atoms with Gasteiger partial charge in [0.1, 0.15) is 18.5 Å². The number of aliphatic hydroxyl groups is 4. The summed E-state index contributed by atoms with van der Waals surface area (Å²) in [6.07, 6.45) is 0.0517. The lowest BCUT2D eigenvalue weighted by Gasteiger charge is -2.48. The number of ether oxygens (including phenoxy) is 4. The van der Waals surface area contributed by atoms with E-state index in [9.17, 15) is 20.4 Å². The molecule has 186 valence electrons. The van der Waals surface area contributed by atoms with E-state index in [1.165, 1.54) is 0 Å². The summed E-state index contributed by atoms with van der Waals surface area (Å²) in [5.41, 5.74) is 2.12. The molecule has 5 atom stereocenters. The molecule has 0 spiro atoms. The van der Waals surface area contributed by atoms with Gasteiger partial charge in [-0.15, -0.1) is 0 Å². The molecule has 2 aromatic carbocycles. The Morgan fingerprint density at radius 2 is 1.79 bits per heavy atom. The predicted molar refractivity (Wildman–Crippen MR) is 124 cm³/mol. The SMILES string of the molecule is OC[C@@H]1CO[C@](O)(c2ccc(Cc3ccccc3OCCO[C@@H]3CCOC3)cc2)[C@](O)(Cl)[C@H]1O. The average molecular weight is 495 g/mol. The zero-order valence-electron chi connectivity index (χ0n) is 18.8. The Bertz CT molecular complexity index is 931. The second kappa shape index (κ2) is 10.9. The molecule has 0 saturated carbocycles. The Hall–Kier alpha value is -1.75. The lowest BCUT2D eigenvalue weighted by atomic mass is 9.86. The Labute approximate surface area is 203 Å². The van der Waals surface area contributed by atoms with Crippen LogP contribution in [0.5, 0.6) is 5.75 Å². The highest BCUT2D eigenvalue weighted by molar-refractivity contribution is 6.24. The minimum absolute atomic E-state index is 0.140. The molecule has 0 aliphatic carbocycles. The molecule has 2 aliphatic rings. The smallest absolute Gasteiger partial charge is 0.239 e. The van der Waals surface area contributed by atoms with Crippen LogP contribution in [-0.2, 0) is 26.4 Å². The van der Waals surface area contributed by atoms with E-state index in [1.54, 1.807) is 24.3 Å². The van der Waals surface area contributed by atoms with Gasteiger partial charge in [0.05, 0.1) is 32.5 Å². The molecule has 0 aromatic heterocycles. The van der Waals surface area contributed by atoms with Crippen LogP contribution >= 0.6 is 11.6 Å². The second-order valence-corrected chi connectivity index (χ2v) is 9.28. The van der Waals surface area contributed by atoms with Crippen LogP contribution in [0.4, 0.5) is 0 Å². The van der Waals surface area contributed by atoms with Crippen molar-refractivity contribution in [1.29, 1.82) is 0 Å². The van der Waals surface area contributed by atoms with Crippen molar-refractivity contribution in [2.75, 3.05) is 39.6 Å². The van der Waals surface area contributed by atoms with Crippen LogP contribution < -0.4 is 4.74 Å². The van der Waals surface area contributed by atoms with Gasteiger partial charge in [0.15, 0.2) is 0 Å². The molecule has 0 bridgehead atoms. The zero-order valence-corrected chi connectivity index (χ0v) is 19.6. The Morgan fingerprint density at radius 1 is 1.03 bits per heavy atom. The first-order chi connectivity index (χ1) is 16.3. The van der Waals surface area contributed by atoms with Gasteiger partial charge in [0.25, 0.3) is 0 Å². The molecule has 2 saturated heterocycles. The molecule has 8 nitrogen and oxygen atoms in total. The fourth-order valence-electron chi connectivity index (χ4n) is 4.24. The molecular formula is C25H31ClO8. The third kappa shape index (κ3) is 5.24. The van der Waals surface area contributed by atoms with Crippen molar-refractivity contribution in [1.82, 2.24) is 0 Å². The molecule has 9 heteroatoms. The van der Waals surface area contributed by atoms with Crippen LogP contribution in [0.15, 0.2) is 48.5 Å². The van der Waals surface area contributed by atoms with Gasteiger partial charge in [-0.3, -0.25) is 0 Å². The maximum absolute atomic E-state index is 11.0. The van der Waals surface area contributed by atoms with Gasteiger partial charge in [0, 0.05) is 24.5 Å². The van der Waals surface area contributed by atoms with Gasteiger partial charge < -0.3 is 39.4 Å². The molecular weight excluding hydrogens is 464 g/mol. The molecule has 2 heterocycles. The van der Waals surface area contributed by atoms with E-state index >= 15 is 0 Å². The first-order valence-corrected chi connectivity index (χ1v) is 11.8.